The lowest BCUT2D eigenvalue weighted by molar-refractivity contribution is 0.625. The third-order valence-corrected chi connectivity index (χ3v) is 4.25. The SMILES string of the molecule is CCC(Nc1cccc(C)c1Br)c1ccc(F)cc1. The lowest BCUT2D eigenvalue weighted by atomic mass is 10.0. The molecule has 0 saturated carbocycles. The van der Waals surface area contributed by atoms with E-state index in [0.29, 0.717) is 0 Å². The van der Waals surface area contributed by atoms with Crippen molar-refractivity contribution >= 4 is 21.6 Å². The molecule has 0 aromatic heterocycles. The number of halogens is 2. The van der Waals surface area contributed by atoms with E-state index in [1.165, 1.54) is 17.7 Å². The maximum atomic E-state index is 13.0. The van der Waals surface area contributed by atoms with Crippen LogP contribution in [0.3, 0.4) is 0 Å². The van der Waals surface area contributed by atoms with Gasteiger partial charge in [-0.05, 0) is 58.6 Å². The van der Waals surface area contributed by atoms with E-state index in [-0.39, 0.29) is 11.9 Å². The van der Waals surface area contributed by atoms with Crippen molar-refractivity contribution in [2.75, 3.05) is 5.32 Å². The van der Waals surface area contributed by atoms with Gasteiger partial charge in [-0.3, -0.25) is 0 Å². The van der Waals surface area contributed by atoms with E-state index in [4.69, 9.17) is 0 Å². The standard InChI is InChI=1S/C16H17BrFN/c1-3-14(12-7-9-13(18)10-8-12)19-15-6-4-5-11(2)16(15)17/h4-10,14,19H,3H2,1-2H3. The molecule has 0 spiro atoms. The maximum absolute atomic E-state index is 13.0. The summed E-state index contributed by atoms with van der Waals surface area (Å²) in [4.78, 5) is 0. The number of aryl methyl sites for hydroxylation is 1. The molecule has 1 nitrogen and oxygen atoms in total. The molecule has 0 aliphatic rings. The summed E-state index contributed by atoms with van der Waals surface area (Å²) >= 11 is 3.60. The summed E-state index contributed by atoms with van der Waals surface area (Å²) < 4.78 is 14.0. The Bertz CT molecular complexity index is 551. The molecule has 1 N–H and O–H groups in total. The Morgan fingerprint density at radius 2 is 1.84 bits per heavy atom. The smallest absolute Gasteiger partial charge is 0.123 e. The molecular formula is C16H17BrFN. The van der Waals surface area contributed by atoms with Crippen molar-refractivity contribution in [2.24, 2.45) is 0 Å². The molecule has 19 heavy (non-hydrogen) atoms. The van der Waals surface area contributed by atoms with E-state index in [1.54, 1.807) is 0 Å². The molecule has 3 heteroatoms. The van der Waals surface area contributed by atoms with Crippen molar-refractivity contribution in [3.8, 4) is 0 Å². The van der Waals surface area contributed by atoms with Crippen molar-refractivity contribution in [3.05, 3.63) is 63.9 Å². The van der Waals surface area contributed by atoms with Crippen LogP contribution in [0, 0.1) is 12.7 Å². The summed E-state index contributed by atoms with van der Waals surface area (Å²) in [6.07, 6.45) is 0.937. The van der Waals surface area contributed by atoms with Gasteiger partial charge in [0.2, 0.25) is 0 Å². The van der Waals surface area contributed by atoms with Crippen LogP contribution in [0.15, 0.2) is 46.9 Å². The van der Waals surface area contributed by atoms with Crippen LogP contribution >= 0.6 is 15.9 Å². The fourth-order valence-corrected chi connectivity index (χ4v) is 2.44. The lowest BCUT2D eigenvalue weighted by Crippen LogP contribution is -2.10. The maximum Gasteiger partial charge on any atom is 0.123 e. The molecule has 0 aliphatic carbocycles. The van der Waals surface area contributed by atoms with Crippen LogP contribution in [0.1, 0.15) is 30.5 Å². The van der Waals surface area contributed by atoms with E-state index in [2.05, 4.69) is 41.2 Å². The van der Waals surface area contributed by atoms with Crippen LogP contribution in [0.4, 0.5) is 10.1 Å². The zero-order valence-electron chi connectivity index (χ0n) is 11.1. The van der Waals surface area contributed by atoms with Gasteiger partial charge in [0.1, 0.15) is 5.82 Å². The van der Waals surface area contributed by atoms with E-state index in [0.717, 1.165) is 22.1 Å². The number of hydrogen-bond donors (Lipinski definition) is 1. The van der Waals surface area contributed by atoms with Crippen LogP contribution in [-0.4, -0.2) is 0 Å². The summed E-state index contributed by atoms with van der Waals surface area (Å²) in [5.74, 6) is -0.199. The molecule has 0 amide bonds. The molecule has 0 bridgehead atoms. The van der Waals surface area contributed by atoms with Crippen LogP contribution < -0.4 is 5.32 Å². The Morgan fingerprint density at radius 3 is 2.47 bits per heavy atom. The molecule has 2 aromatic carbocycles. The molecule has 1 atom stereocenters. The number of benzene rings is 2. The first-order valence-electron chi connectivity index (χ1n) is 6.39. The van der Waals surface area contributed by atoms with Gasteiger partial charge in [0.25, 0.3) is 0 Å². The van der Waals surface area contributed by atoms with Crippen molar-refractivity contribution in [1.82, 2.24) is 0 Å². The van der Waals surface area contributed by atoms with E-state index in [1.807, 2.05) is 24.3 Å². The molecule has 100 valence electrons. The van der Waals surface area contributed by atoms with Crippen LogP contribution in [-0.2, 0) is 0 Å². The van der Waals surface area contributed by atoms with Gasteiger partial charge < -0.3 is 5.32 Å². The van der Waals surface area contributed by atoms with Gasteiger partial charge in [-0.15, -0.1) is 0 Å². The predicted octanol–water partition coefficient (Wildman–Crippen LogP) is 5.46. The number of hydrogen-bond acceptors (Lipinski definition) is 1. The van der Waals surface area contributed by atoms with Gasteiger partial charge in [-0.1, -0.05) is 31.2 Å². The fourth-order valence-electron chi connectivity index (χ4n) is 2.06. The monoisotopic (exact) mass is 321 g/mol. The molecule has 0 radical (unpaired) electrons. The van der Waals surface area contributed by atoms with Crippen molar-refractivity contribution in [3.63, 3.8) is 0 Å². The lowest BCUT2D eigenvalue weighted by Gasteiger charge is -2.20. The molecule has 2 aromatic rings. The second-order valence-corrected chi connectivity index (χ2v) is 5.39. The highest BCUT2D eigenvalue weighted by atomic mass is 79.9. The summed E-state index contributed by atoms with van der Waals surface area (Å²) in [7, 11) is 0. The summed E-state index contributed by atoms with van der Waals surface area (Å²) in [6.45, 7) is 4.18. The molecule has 0 heterocycles. The fraction of sp³-hybridized carbons (Fsp3) is 0.250. The van der Waals surface area contributed by atoms with E-state index in [9.17, 15) is 4.39 Å². The van der Waals surface area contributed by atoms with Crippen molar-refractivity contribution in [2.45, 2.75) is 26.3 Å². The average Bonchev–Trinajstić information content (AvgIpc) is 2.42. The van der Waals surface area contributed by atoms with Gasteiger partial charge in [-0.25, -0.2) is 4.39 Å². The predicted molar refractivity (Wildman–Crippen MR) is 81.9 cm³/mol. The van der Waals surface area contributed by atoms with Crippen LogP contribution in [0.2, 0.25) is 0 Å². The highest BCUT2D eigenvalue weighted by molar-refractivity contribution is 9.10. The Hall–Kier alpha value is -1.35. The largest absolute Gasteiger partial charge is 0.377 e. The quantitative estimate of drug-likeness (QED) is 0.788. The zero-order valence-corrected chi connectivity index (χ0v) is 12.7. The first-order chi connectivity index (χ1) is 9.11. The van der Waals surface area contributed by atoms with Gasteiger partial charge in [0.15, 0.2) is 0 Å². The highest BCUT2D eigenvalue weighted by Gasteiger charge is 2.11. The normalized spacial score (nSPS) is 12.2. The number of nitrogens with one attached hydrogen (secondary N) is 1. The third kappa shape index (κ3) is 3.35. The molecule has 0 saturated heterocycles. The molecular weight excluding hydrogens is 305 g/mol. The minimum absolute atomic E-state index is 0.179. The molecule has 1 unspecified atom stereocenters. The van der Waals surface area contributed by atoms with Crippen molar-refractivity contribution < 1.29 is 4.39 Å². The van der Waals surface area contributed by atoms with Crippen molar-refractivity contribution in [1.29, 1.82) is 0 Å². The average molecular weight is 322 g/mol. The minimum Gasteiger partial charge on any atom is -0.377 e. The zero-order chi connectivity index (χ0) is 13.8. The van der Waals surface area contributed by atoms with Gasteiger partial charge >= 0.3 is 0 Å². The van der Waals surface area contributed by atoms with E-state index < -0.39 is 0 Å². The third-order valence-electron chi connectivity index (χ3n) is 3.20. The van der Waals surface area contributed by atoms with E-state index >= 15 is 0 Å². The highest BCUT2D eigenvalue weighted by Crippen LogP contribution is 2.30. The molecule has 0 aliphatic heterocycles. The van der Waals surface area contributed by atoms with Gasteiger partial charge in [0, 0.05) is 10.2 Å². The summed E-state index contributed by atoms with van der Waals surface area (Å²) in [6, 6.07) is 13.0. The molecule has 2 rings (SSSR count). The minimum atomic E-state index is -0.199. The van der Waals surface area contributed by atoms with Gasteiger partial charge in [-0.2, -0.15) is 0 Å². The Morgan fingerprint density at radius 1 is 1.16 bits per heavy atom. The Balaban J connectivity index is 2.24. The number of rotatable bonds is 4. The van der Waals surface area contributed by atoms with Crippen LogP contribution in [0.25, 0.3) is 0 Å². The molecule has 0 fully saturated rings. The summed E-state index contributed by atoms with van der Waals surface area (Å²) in [5.41, 5.74) is 3.35. The topological polar surface area (TPSA) is 12.0 Å². The second-order valence-electron chi connectivity index (χ2n) is 4.59. The number of anilines is 1. The van der Waals surface area contributed by atoms with Crippen LogP contribution in [0.5, 0.6) is 0 Å². The van der Waals surface area contributed by atoms with Gasteiger partial charge in [0.05, 0.1) is 6.04 Å². The Kier molecular flexibility index (Phi) is 4.59. The summed E-state index contributed by atoms with van der Waals surface area (Å²) in [5, 5.41) is 3.50. The Labute approximate surface area is 122 Å². The first-order valence-corrected chi connectivity index (χ1v) is 7.18. The first kappa shape index (κ1) is 14.1. The second kappa shape index (κ2) is 6.20.